The summed E-state index contributed by atoms with van der Waals surface area (Å²) in [7, 11) is 1.69. The summed E-state index contributed by atoms with van der Waals surface area (Å²) >= 11 is 1.68. The summed E-state index contributed by atoms with van der Waals surface area (Å²) in [6.45, 7) is 8.38. The standard InChI is InChI=1S/C18H27NO2S/c1-13-5-6-17(21-4)16(8-13)11-22-12-18(20)19-9-14(2)7-15(3)10-19/h5-6,8,14-15H,7,9-12H2,1-4H3. The third kappa shape index (κ3) is 4.67. The maximum atomic E-state index is 12.4. The van der Waals surface area contributed by atoms with E-state index in [4.69, 9.17) is 4.74 Å². The van der Waals surface area contributed by atoms with Gasteiger partial charge in [0.05, 0.1) is 12.9 Å². The number of hydrogen-bond donors (Lipinski definition) is 0. The van der Waals surface area contributed by atoms with E-state index in [9.17, 15) is 4.79 Å². The van der Waals surface area contributed by atoms with Crippen LogP contribution in [0.3, 0.4) is 0 Å². The largest absolute Gasteiger partial charge is 0.496 e. The third-order valence-electron chi connectivity index (χ3n) is 4.14. The fourth-order valence-corrected chi connectivity index (χ4v) is 4.13. The zero-order chi connectivity index (χ0) is 16.1. The van der Waals surface area contributed by atoms with Crippen LogP contribution in [-0.4, -0.2) is 36.8 Å². The maximum absolute atomic E-state index is 12.4. The van der Waals surface area contributed by atoms with Crippen LogP contribution in [0.5, 0.6) is 5.75 Å². The van der Waals surface area contributed by atoms with Gasteiger partial charge in [-0.2, -0.15) is 0 Å². The first kappa shape index (κ1) is 17.2. The van der Waals surface area contributed by atoms with Crippen molar-refractivity contribution in [2.45, 2.75) is 32.9 Å². The Morgan fingerprint density at radius 1 is 1.32 bits per heavy atom. The summed E-state index contributed by atoms with van der Waals surface area (Å²) in [6.07, 6.45) is 1.23. The molecule has 22 heavy (non-hydrogen) atoms. The normalized spacial score (nSPS) is 21.7. The number of aryl methyl sites for hydroxylation is 1. The molecule has 122 valence electrons. The highest BCUT2D eigenvalue weighted by molar-refractivity contribution is 7.99. The van der Waals surface area contributed by atoms with Crippen LogP contribution < -0.4 is 4.74 Å². The average Bonchev–Trinajstić information content (AvgIpc) is 2.46. The first-order chi connectivity index (χ1) is 10.5. The van der Waals surface area contributed by atoms with E-state index in [1.54, 1.807) is 18.9 Å². The summed E-state index contributed by atoms with van der Waals surface area (Å²) in [5, 5.41) is 0. The monoisotopic (exact) mass is 321 g/mol. The predicted octanol–water partition coefficient (Wildman–Crippen LogP) is 3.74. The van der Waals surface area contributed by atoms with Crippen LogP contribution in [0.15, 0.2) is 18.2 Å². The maximum Gasteiger partial charge on any atom is 0.232 e. The Morgan fingerprint density at radius 2 is 2.00 bits per heavy atom. The van der Waals surface area contributed by atoms with Gasteiger partial charge in [-0.3, -0.25) is 4.79 Å². The van der Waals surface area contributed by atoms with Gasteiger partial charge in [-0.1, -0.05) is 31.5 Å². The highest BCUT2D eigenvalue weighted by Crippen LogP contribution is 2.26. The second-order valence-corrected chi connectivity index (χ2v) is 7.54. The molecule has 0 saturated carbocycles. The van der Waals surface area contributed by atoms with E-state index in [0.29, 0.717) is 17.6 Å². The lowest BCUT2D eigenvalue weighted by atomic mass is 9.92. The van der Waals surface area contributed by atoms with Gasteiger partial charge in [-0.15, -0.1) is 11.8 Å². The molecule has 1 aliphatic heterocycles. The Balaban J connectivity index is 1.85. The third-order valence-corrected chi connectivity index (χ3v) is 5.11. The number of carbonyl (C=O) groups excluding carboxylic acids is 1. The number of benzene rings is 1. The van der Waals surface area contributed by atoms with Crippen LogP contribution in [-0.2, 0) is 10.5 Å². The molecule has 1 amide bonds. The summed E-state index contributed by atoms with van der Waals surface area (Å²) in [5.74, 6) is 3.79. The van der Waals surface area contributed by atoms with Crippen LogP contribution in [0.2, 0.25) is 0 Å². The quantitative estimate of drug-likeness (QED) is 0.827. The predicted molar refractivity (Wildman–Crippen MR) is 93.4 cm³/mol. The molecule has 0 radical (unpaired) electrons. The van der Waals surface area contributed by atoms with Crippen molar-refractivity contribution in [2.75, 3.05) is 26.0 Å². The number of carbonyl (C=O) groups is 1. The van der Waals surface area contributed by atoms with E-state index >= 15 is 0 Å². The van der Waals surface area contributed by atoms with Crippen molar-refractivity contribution >= 4 is 17.7 Å². The minimum absolute atomic E-state index is 0.273. The van der Waals surface area contributed by atoms with E-state index in [1.807, 2.05) is 11.0 Å². The van der Waals surface area contributed by atoms with Gasteiger partial charge < -0.3 is 9.64 Å². The highest BCUT2D eigenvalue weighted by atomic mass is 32.2. The van der Waals surface area contributed by atoms with E-state index in [-0.39, 0.29) is 5.91 Å². The first-order valence-electron chi connectivity index (χ1n) is 7.98. The van der Waals surface area contributed by atoms with Crippen LogP contribution in [0.4, 0.5) is 0 Å². The van der Waals surface area contributed by atoms with Gasteiger partial charge in [0, 0.05) is 24.4 Å². The topological polar surface area (TPSA) is 29.5 Å². The average molecular weight is 321 g/mol. The molecule has 0 aliphatic carbocycles. The second-order valence-electron chi connectivity index (χ2n) is 6.55. The minimum atomic E-state index is 0.273. The molecule has 0 N–H and O–H groups in total. The number of thioether (sulfide) groups is 1. The lowest BCUT2D eigenvalue weighted by molar-refractivity contribution is -0.130. The van der Waals surface area contributed by atoms with Crippen molar-refractivity contribution < 1.29 is 9.53 Å². The number of likely N-dealkylation sites (tertiary alicyclic amines) is 1. The van der Waals surface area contributed by atoms with E-state index in [2.05, 4.69) is 32.9 Å². The van der Waals surface area contributed by atoms with Gasteiger partial charge >= 0.3 is 0 Å². The van der Waals surface area contributed by atoms with E-state index in [0.717, 1.165) is 24.6 Å². The number of amides is 1. The van der Waals surface area contributed by atoms with Crippen molar-refractivity contribution in [2.24, 2.45) is 11.8 Å². The SMILES string of the molecule is COc1ccc(C)cc1CSCC(=O)N1CC(C)CC(C)C1. The second kappa shape index (κ2) is 7.91. The van der Waals surface area contributed by atoms with Gasteiger partial charge in [0.2, 0.25) is 5.91 Å². The molecular formula is C18H27NO2S. The molecule has 0 spiro atoms. The van der Waals surface area contributed by atoms with Crippen molar-refractivity contribution in [1.82, 2.24) is 4.90 Å². The molecular weight excluding hydrogens is 294 g/mol. The lowest BCUT2D eigenvalue weighted by Gasteiger charge is -2.35. The molecule has 2 unspecified atom stereocenters. The van der Waals surface area contributed by atoms with E-state index < -0.39 is 0 Å². The molecule has 1 aromatic rings. The van der Waals surface area contributed by atoms with E-state index in [1.165, 1.54) is 17.5 Å². The Hall–Kier alpha value is -1.16. The minimum Gasteiger partial charge on any atom is -0.496 e. The molecule has 0 bridgehead atoms. The van der Waals surface area contributed by atoms with Gasteiger partial charge in [0.25, 0.3) is 0 Å². The molecule has 1 fully saturated rings. The number of hydrogen-bond acceptors (Lipinski definition) is 3. The van der Waals surface area contributed by atoms with Gasteiger partial charge in [-0.25, -0.2) is 0 Å². The molecule has 1 aliphatic rings. The summed E-state index contributed by atoms with van der Waals surface area (Å²) in [5.41, 5.74) is 2.39. The molecule has 1 saturated heterocycles. The number of piperidine rings is 1. The zero-order valence-corrected chi connectivity index (χ0v) is 14.9. The smallest absolute Gasteiger partial charge is 0.232 e. The Kier molecular flexibility index (Phi) is 6.18. The molecule has 0 aromatic heterocycles. The Labute approximate surface area is 138 Å². The zero-order valence-electron chi connectivity index (χ0n) is 14.1. The van der Waals surface area contributed by atoms with Crippen molar-refractivity contribution in [3.05, 3.63) is 29.3 Å². The summed E-state index contributed by atoms with van der Waals surface area (Å²) in [4.78, 5) is 14.4. The van der Waals surface area contributed by atoms with Crippen LogP contribution in [0.1, 0.15) is 31.4 Å². The van der Waals surface area contributed by atoms with Crippen LogP contribution in [0, 0.1) is 18.8 Å². The Morgan fingerprint density at radius 3 is 2.64 bits per heavy atom. The number of nitrogens with zero attached hydrogens (tertiary/aromatic N) is 1. The number of methoxy groups -OCH3 is 1. The fourth-order valence-electron chi connectivity index (χ4n) is 3.23. The van der Waals surface area contributed by atoms with Gasteiger partial charge in [-0.05, 0) is 31.2 Å². The number of rotatable bonds is 5. The first-order valence-corrected chi connectivity index (χ1v) is 9.14. The lowest BCUT2D eigenvalue weighted by Crippen LogP contribution is -2.43. The van der Waals surface area contributed by atoms with Crippen molar-refractivity contribution in [1.29, 1.82) is 0 Å². The molecule has 1 aromatic carbocycles. The molecule has 3 nitrogen and oxygen atoms in total. The Bertz CT molecular complexity index is 508. The molecule has 4 heteroatoms. The van der Waals surface area contributed by atoms with Crippen LogP contribution >= 0.6 is 11.8 Å². The fraction of sp³-hybridized carbons (Fsp3) is 0.611. The number of ether oxygens (including phenoxy) is 1. The molecule has 1 heterocycles. The van der Waals surface area contributed by atoms with Gasteiger partial charge in [0.1, 0.15) is 5.75 Å². The van der Waals surface area contributed by atoms with Crippen molar-refractivity contribution in [3.8, 4) is 5.75 Å². The summed E-state index contributed by atoms with van der Waals surface area (Å²) < 4.78 is 5.39. The van der Waals surface area contributed by atoms with Gasteiger partial charge in [0.15, 0.2) is 0 Å². The highest BCUT2D eigenvalue weighted by Gasteiger charge is 2.25. The van der Waals surface area contributed by atoms with Crippen LogP contribution in [0.25, 0.3) is 0 Å². The molecule has 2 atom stereocenters. The summed E-state index contributed by atoms with van der Waals surface area (Å²) in [6, 6.07) is 6.19. The molecule has 2 rings (SSSR count). The van der Waals surface area contributed by atoms with Crippen molar-refractivity contribution in [3.63, 3.8) is 0 Å².